The molecule has 0 fully saturated rings. The third-order valence-electron chi connectivity index (χ3n) is 3.14. The van der Waals surface area contributed by atoms with Gasteiger partial charge in [-0.05, 0) is 64.8 Å². The van der Waals surface area contributed by atoms with Crippen LogP contribution in [-0.4, -0.2) is 6.54 Å². The van der Waals surface area contributed by atoms with Gasteiger partial charge in [-0.1, -0.05) is 28.9 Å². The first-order chi connectivity index (χ1) is 10.0. The summed E-state index contributed by atoms with van der Waals surface area (Å²) < 4.78 is 29.1. The maximum absolute atomic E-state index is 14.1. The maximum atomic E-state index is 14.1. The second-order valence-electron chi connectivity index (χ2n) is 4.73. The topological polar surface area (TPSA) is 12.0 Å². The predicted molar refractivity (Wildman–Crippen MR) is 88.3 cm³/mol. The molecule has 2 aromatic rings. The van der Waals surface area contributed by atoms with Gasteiger partial charge < -0.3 is 5.32 Å². The Morgan fingerprint density at radius 1 is 1.05 bits per heavy atom. The molecular formula is C16H15Br2F2N. The first kappa shape index (κ1) is 16.6. The normalized spacial score (nSPS) is 12.4. The first-order valence-corrected chi connectivity index (χ1v) is 8.24. The lowest BCUT2D eigenvalue weighted by molar-refractivity contribution is 0.542. The van der Waals surface area contributed by atoms with Crippen LogP contribution in [0.25, 0.3) is 0 Å². The van der Waals surface area contributed by atoms with Gasteiger partial charge in [-0.3, -0.25) is 0 Å². The molecule has 0 aromatic heterocycles. The van der Waals surface area contributed by atoms with E-state index in [1.54, 1.807) is 24.3 Å². The molecule has 0 saturated carbocycles. The molecule has 0 spiro atoms. The van der Waals surface area contributed by atoms with Crippen LogP contribution in [0.1, 0.15) is 30.5 Å². The van der Waals surface area contributed by atoms with Crippen LogP contribution in [0.15, 0.2) is 45.3 Å². The van der Waals surface area contributed by atoms with Gasteiger partial charge in [0, 0.05) is 10.0 Å². The lowest BCUT2D eigenvalue weighted by Gasteiger charge is -2.21. The highest BCUT2D eigenvalue weighted by Gasteiger charge is 2.18. The minimum atomic E-state index is -0.384. The van der Waals surface area contributed by atoms with E-state index in [2.05, 4.69) is 37.2 Å². The molecular weight excluding hydrogens is 404 g/mol. The van der Waals surface area contributed by atoms with E-state index in [0.717, 1.165) is 10.9 Å². The van der Waals surface area contributed by atoms with Crippen LogP contribution in [0.4, 0.5) is 8.78 Å². The molecule has 1 atom stereocenters. The molecule has 1 N–H and O–H groups in total. The number of nitrogens with one attached hydrogen (secondary N) is 1. The smallest absolute Gasteiger partial charge is 0.137 e. The van der Waals surface area contributed by atoms with E-state index < -0.39 is 0 Å². The van der Waals surface area contributed by atoms with Gasteiger partial charge >= 0.3 is 0 Å². The van der Waals surface area contributed by atoms with Crippen molar-refractivity contribution in [3.05, 3.63) is 68.1 Å². The summed E-state index contributed by atoms with van der Waals surface area (Å²) in [5, 5.41) is 3.27. The first-order valence-electron chi connectivity index (χ1n) is 6.66. The van der Waals surface area contributed by atoms with Crippen LogP contribution in [0.2, 0.25) is 0 Å². The lowest BCUT2D eigenvalue weighted by Crippen LogP contribution is -2.24. The number of hydrogen-bond acceptors (Lipinski definition) is 1. The zero-order chi connectivity index (χ0) is 15.4. The zero-order valence-electron chi connectivity index (χ0n) is 11.5. The molecule has 1 unspecified atom stereocenters. The number of halogens is 4. The summed E-state index contributed by atoms with van der Waals surface area (Å²) in [5.41, 5.74) is 1.20. The van der Waals surface area contributed by atoms with Gasteiger partial charge in [-0.2, -0.15) is 0 Å². The number of hydrogen-bond donors (Lipinski definition) is 1. The maximum Gasteiger partial charge on any atom is 0.137 e. The Kier molecular flexibility index (Phi) is 5.90. The Bertz CT molecular complexity index is 632. The Morgan fingerprint density at radius 2 is 1.81 bits per heavy atom. The van der Waals surface area contributed by atoms with E-state index in [1.165, 1.54) is 12.1 Å². The number of benzene rings is 2. The molecule has 0 bridgehead atoms. The molecule has 5 heteroatoms. The fourth-order valence-electron chi connectivity index (χ4n) is 2.12. The molecule has 0 radical (unpaired) electrons. The van der Waals surface area contributed by atoms with E-state index in [4.69, 9.17) is 0 Å². The molecule has 0 heterocycles. The van der Waals surface area contributed by atoms with Crippen molar-refractivity contribution in [3.8, 4) is 0 Å². The predicted octanol–water partition coefficient (Wildman–Crippen LogP) is 5.58. The van der Waals surface area contributed by atoms with Gasteiger partial charge in [0.05, 0.1) is 10.5 Å². The van der Waals surface area contributed by atoms with Crippen molar-refractivity contribution in [1.82, 2.24) is 5.32 Å². The van der Waals surface area contributed by atoms with Crippen molar-refractivity contribution in [1.29, 1.82) is 0 Å². The van der Waals surface area contributed by atoms with Crippen LogP contribution < -0.4 is 5.32 Å². The highest BCUT2D eigenvalue weighted by Crippen LogP contribution is 2.29. The highest BCUT2D eigenvalue weighted by atomic mass is 79.9. The van der Waals surface area contributed by atoms with Crippen LogP contribution in [-0.2, 0) is 0 Å². The van der Waals surface area contributed by atoms with Crippen molar-refractivity contribution in [2.24, 2.45) is 0 Å². The quantitative estimate of drug-likeness (QED) is 0.668. The molecule has 0 aliphatic rings. The third kappa shape index (κ3) is 4.11. The standard InChI is InChI=1S/C16H15Br2F2N/c1-2-7-21-16(10-3-5-13(18)15(20)8-10)12-9-11(17)4-6-14(12)19/h3-6,8-9,16,21H,2,7H2,1H3. The largest absolute Gasteiger partial charge is 0.306 e. The molecule has 0 saturated heterocycles. The molecule has 0 amide bonds. The van der Waals surface area contributed by atoms with Gasteiger partial charge in [0.15, 0.2) is 0 Å². The Morgan fingerprint density at radius 3 is 2.48 bits per heavy atom. The zero-order valence-corrected chi connectivity index (χ0v) is 14.6. The molecule has 0 aliphatic heterocycles. The van der Waals surface area contributed by atoms with Crippen LogP contribution in [0, 0.1) is 11.6 Å². The Labute approximate surface area is 140 Å². The molecule has 2 aromatic carbocycles. The van der Waals surface area contributed by atoms with Crippen molar-refractivity contribution < 1.29 is 8.78 Å². The van der Waals surface area contributed by atoms with E-state index in [1.807, 2.05) is 6.92 Å². The minimum absolute atomic E-state index is 0.310. The van der Waals surface area contributed by atoms with Gasteiger partial charge in [0.2, 0.25) is 0 Å². The fourth-order valence-corrected chi connectivity index (χ4v) is 2.75. The summed E-state index contributed by atoms with van der Waals surface area (Å²) in [7, 11) is 0. The van der Waals surface area contributed by atoms with Crippen molar-refractivity contribution in [2.45, 2.75) is 19.4 Å². The van der Waals surface area contributed by atoms with Crippen molar-refractivity contribution in [3.63, 3.8) is 0 Å². The van der Waals surface area contributed by atoms with E-state index in [-0.39, 0.29) is 17.7 Å². The summed E-state index contributed by atoms with van der Waals surface area (Å²) in [6.07, 6.45) is 0.908. The summed E-state index contributed by atoms with van der Waals surface area (Å²) in [6.45, 7) is 2.75. The molecule has 112 valence electrons. The third-order valence-corrected chi connectivity index (χ3v) is 4.28. The monoisotopic (exact) mass is 417 g/mol. The lowest BCUT2D eigenvalue weighted by atomic mass is 9.98. The Hall–Kier alpha value is -0.780. The van der Waals surface area contributed by atoms with Crippen molar-refractivity contribution >= 4 is 31.9 Å². The van der Waals surface area contributed by atoms with Gasteiger partial charge in [-0.25, -0.2) is 8.78 Å². The van der Waals surface area contributed by atoms with Crippen molar-refractivity contribution in [2.75, 3.05) is 6.54 Å². The molecule has 0 aliphatic carbocycles. The van der Waals surface area contributed by atoms with Gasteiger partial charge in [0.25, 0.3) is 0 Å². The van der Waals surface area contributed by atoms with E-state index in [9.17, 15) is 8.78 Å². The molecule has 2 rings (SSSR count). The molecule has 1 nitrogen and oxygen atoms in total. The summed E-state index contributed by atoms with van der Waals surface area (Å²) in [5.74, 6) is -0.665. The summed E-state index contributed by atoms with van der Waals surface area (Å²) >= 11 is 6.49. The minimum Gasteiger partial charge on any atom is -0.306 e. The van der Waals surface area contributed by atoms with E-state index in [0.29, 0.717) is 22.1 Å². The second kappa shape index (κ2) is 7.47. The summed E-state index contributed by atoms with van der Waals surface area (Å²) in [4.78, 5) is 0. The average Bonchev–Trinajstić information content (AvgIpc) is 2.46. The van der Waals surface area contributed by atoms with Crippen LogP contribution in [0.3, 0.4) is 0 Å². The second-order valence-corrected chi connectivity index (χ2v) is 6.50. The Balaban J connectivity index is 2.46. The SMILES string of the molecule is CCCNC(c1ccc(Br)c(F)c1)c1cc(Br)ccc1F. The average molecular weight is 419 g/mol. The summed E-state index contributed by atoms with van der Waals surface area (Å²) in [6, 6.07) is 9.26. The van der Waals surface area contributed by atoms with Crippen LogP contribution >= 0.6 is 31.9 Å². The van der Waals surface area contributed by atoms with E-state index >= 15 is 0 Å². The van der Waals surface area contributed by atoms with Crippen LogP contribution in [0.5, 0.6) is 0 Å². The molecule has 21 heavy (non-hydrogen) atoms. The highest BCUT2D eigenvalue weighted by molar-refractivity contribution is 9.10. The number of rotatable bonds is 5. The van der Waals surface area contributed by atoms with Gasteiger partial charge in [-0.15, -0.1) is 0 Å². The fraction of sp³-hybridized carbons (Fsp3) is 0.250. The van der Waals surface area contributed by atoms with Gasteiger partial charge in [0.1, 0.15) is 11.6 Å².